The van der Waals surface area contributed by atoms with Gasteiger partial charge >= 0.3 is 0 Å². The molecule has 1 aromatic rings. The molecule has 0 aliphatic carbocycles. The molecular weight excluding hydrogens is 231 g/mol. The largest absolute Gasteiger partial charge is 0.380 e. The minimum absolute atomic E-state index is 0.205. The van der Waals surface area contributed by atoms with Crippen molar-refractivity contribution in [1.29, 1.82) is 0 Å². The highest BCUT2D eigenvalue weighted by molar-refractivity contribution is 5.27. The van der Waals surface area contributed by atoms with Crippen LogP contribution >= 0.6 is 0 Å². The number of ether oxygens (including phenoxy) is 1. The maximum absolute atomic E-state index is 13.3. The quantitative estimate of drug-likeness (QED) is 0.722. The van der Waals surface area contributed by atoms with Crippen molar-refractivity contribution in [3.63, 3.8) is 0 Å². The molecule has 0 unspecified atom stereocenters. The second-order valence-corrected chi connectivity index (χ2v) is 4.18. The fraction of sp³-hybridized carbons (Fsp3) is 0.571. The van der Waals surface area contributed by atoms with Gasteiger partial charge in [-0.15, -0.1) is 0 Å². The Kier molecular flexibility index (Phi) is 6.86. The molecule has 18 heavy (non-hydrogen) atoms. The van der Waals surface area contributed by atoms with E-state index in [1.165, 1.54) is 6.07 Å². The van der Waals surface area contributed by atoms with E-state index < -0.39 is 0 Å². The second kappa shape index (κ2) is 8.19. The molecule has 102 valence electrons. The molecule has 0 aliphatic heterocycles. The van der Waals surface area contributed by atoms with E-state index in [2.05, 4.69) is 11.8 Å². The molecule has 0 fully saturated rings. The monoisotopic (exact) mass is 254 g/mol. The van der Waals surface area contributed by atoms with Crippen LogP contribution in [0, 0.1) is 5.82 Å². The molecule has 2 N–H and O–H groups in total. The number of benzene rings is 1. The third-order valence-corrected chi connectivity index (χ3v) is 2.99. The molecule has 0 amide bonds. The summed E-state index contributed by atoms with van der Waals surface area (Å²) >= 11 is 0. The van der Waals surface area contributed by atoms with Crippen LogP contribution in [-0.4, -0.2) is 31.2 Å². The molecule has 0 radical (unpaired) electrons. The van der Waals surface area contributed by atoms with Crippen LogP contribution in [-0.2, 0) is 17.8 Å². The van der Waals surface area contributed by atoms with Crippen LogP contribution < -0.4 is 5.73 Å². The van der Waals surface area contributed by atoms with E-state index in [1.807, 2.05) is 6.92 Å². The molecule has 0 aliphatic rings. The number of likely N-dealkylation sites (N-methyl/N-ethyl adjacent to an activating group) is 1. The zero-order valence-electron chi connectivity index (χ0n) is 11.3. The van der Waals surface area contributed by atoms with Gasteiger partial charge in [-0.1, -0.05) is 13.0 Å². The van der Waals surface area contributed by atoms with Gasteiger partial charge in [-0.2, -0.15) is 0 Å². The van der Waals surface area contributed by atoms with Crippen LogP contribution in [0.5, 0.6) is 0 Å². The maximum Gasteiger partial charge on any atom is 0.123 e. The Morgan fingerprint density at radius 2 is 2.06 bits per heavy atom. The summed E-state index contributed by atoms with van der Waals surface area (Å²) in [6.07, 6.45) is 0. The summed E-state index contributed by atoms with van der Waals surface area (Å²) in [4.78, 5) is 2.23. The van der Waals surface area contributed by atoms with Gasteiger partial charge in [0.05, 0.1) is 6.61 Å². The molecule has 3 nitrogen and oxygen atoms in total. The SMILES string of the molecule is CCOCCN(CC)Cc1cc(F)ccc1CN. The van der Waals surface area contributed by atoms with Crippen LogP contribution in [0.3, 0.4) is 0 Å². The third-order valence-electron chi connectivity index (χ3n) is 2.99. The average molecular weight is 254 g/mol. The summed E-state index contributed by atoms with van der Waals surface area (Å²) in [6.45, 7) is 8.43. The molecule has 1 aromatic carbocycles. The minimum Gasteiger partial charge on any atom is -0.380 e. The summed E-state index contributed by atoms with van der Waals surface area (Å²) in [7, 11) is 0. The summed E-state index contributed by atoms with van der Waals surface area (Å²) in [5, 5.41) is 0. The van der Waals surface area contributed by atoms with Crippen molar-refractivity contribution in [3.05, 3.63) is 35.1 Å². The highest BCUT2D eigenvalue weighted by atomic mass is 19.1. The van der Waals surface area contributed by atoms with Crippen LogP contribution in [0.1, 0.15) is 25.0 Å². The van der Waals surface area contributed by atoms with Crippen LogP contribution in [0.25, 0.3) is 0 Å². The van der Waals surface area contributed by atoms with E-state index in [-0.39, 0.29) is 5.82 Å². The van der Waals surface area contributed by atoms with Gasteiger partial charge in [-0.3, -0.25) is 4.90 Å². The van der Waals surface area contributed by atoms with Crippen LogP contribution in [0.2, 0.25) is 0 Å². The Bertz CT molecular complexity index is 358. The summed E-state index contributed by atoms with van der Waals surface area (Å²) in [5.41, 5.74) is 7.65. The molecule has 1 rings (SSSR count). The predicted molar refractivity (Wildman–Crippen MR) is 71.7 cm³/mol. The first-order chi connectivity index (χ1) is 8.71. The average Bonchev–Trinajstić information content (AvgIpc) is 2.38. The topological polar surface area (TPSA) is 38.5 Å². The number of nitrogens with zero attached hydrogens (tertiary/aromatic N) is 1. The molecule has 0 atom stereocenters. The zero-order valence-corrected chi connectivity index (χ0v) is 11.3. The van der Waals surface area contributed by atoms with Gasteiger partial charge < -0.3 is 10.5 Å². The van der Waals surface area contributed by atoms with Crippen molar-refractivity contribution in [3.8, 4) is 0 Å². The number of nitrogens with two attached hydrogens (primary N) is 1. The van der Waals surface area contributed by atoms with Crippen molar-refractivity contribution in [2.45, 2.75) is 26.9 Å². The lowest BCUT2D eigenvalue weighted by atomic mass is 10.1. The fourth-order valence-electron chi connectivity index (χ4n) is 1.87. The van der Waals surface area contributed by atoms with Crippen LogP contribution in [0.4, 0.5) is 4.39 Å². The Balaban J connectivity index is 2.65. The zero-order chi connectivity index (χ0) is 13.4. The molecule has 0 bridgehead atoms. The first kappa shape index (κ1) is 15.1. The van der Waals surface area contributed by atoms with E-state index in [0.29, 0.717) is 19.7 Å². The van der Waals surface area contributed by atoms with E-state index in [4.69, 9.17) is 10.5 Å². The summed E-state index contributed by atoms with van der Waals surface area (Å²) in [6, 6.07) is 4.80. The standard InChI is InChI=1S/C14H23FN2O/c1-3-17(7-8-18-4-2)11-13-9-14(15)6-5-12(13)10-16/h5-6,9H,3-4,7-8,10-11,16H2,1-2H3. The Hall–Kier alpha value is -0.970. The van der Waals surface area contributed by atoms with Crippen molar-refractivity contribution in [2.75, 3.05) is 26.3 Å². The van der Waals surface area contributed by atoms with Gasteiger partial charge in [0, 0.05) is 26.2 Å². The smallest absolute Gasteiger partial charge is 0.123 e. The summed E-state index contributed by atoms with van der Waals surface area (Å²) < 4.78 is 18.6. The lowest BCUT2D eigenvalue weighted by molar-refractivity contribution is 0.113. The maximum atomic E-state index is 13.3. The molecule has 0 heterocycles. The molecule has 0 aromatic heterocycles. The predicted octanol–water partition coefficient (Wildman–Crippen LogP) is 2.14. The molecule has 4 heteroatoms. The van der Waals surface area contributed by atoms with Gasteiger partial charge in [0.2, 0.25) is 0 Å². The molecular formula is C14H23FN2O. The van der Waals surface area contributed by atoms with Gasteiger partial charge in [-0.05, 0) is 36.7 Å². The first-order valence-corrected chi connectivity index (χ1v) is 6.48. The van der Waals surface area contributed by atoms with Gasteiger partial charge in [0.25, 0.3) is 0 Å². The Morgan fingerprint density at radius 3 is 2.67 bits per heavy atom. The van der Waals surface area contributed by atoms with E-state index in [0.717, 1.165) is 30.8 Å². The van der Waals surface area contributed by atoms with Gasteiger partial charge in [0.1, 0.15) is 5.82 Å². The van der Waals surface area contributed by atoms with Crippen molar-refractivity contribution < 1.29 is 9.13 Å². The van der Waals surface area contributed by atoms with Crippen molar-refractivity contribution >= 4 is 0 Å². The van der Waals surface area contributed by atoms with Gasteiger partial charge in [0.15, 0.2) is 0 Å². The molecule has 0 spiro atoms. The number of rotatable bonds is 8. The summed E-state index contributed by atoms with van der Waals surface area (Å²) in [5.74, 6) is -0.205. The molecule has 0 saturated heterocycles. The van der Waals surface area contributed by atoms with Crippen molar-refractivity contribution in [1.82, 2.24) is 4.90 Å². The van der Waals surface area contributed by atoms with Gasteiger partial charge in [-0.25, -0.2) is 4.39 Å². The Morgan fingerprint density at radius 1 is 1.28 bits per heavy atom. The van der Waals surface area contributed by atoms with E-state index in [9.17, 15) is 4.39 Å². The normalized spacial score (nSPS) is 11.2. The van der Waals surface area contributed by atoms with Crippen LogP contribution in [0.15, 0.2) is 18.2 Å². The fourth-order valence-corrected chi connectivity index (χ4v) is 1.87. The number of halogens is 1. The lowest BCUT2D eigenvalue weighted by Gasteiger charge is -2.21. The van der Waals surface area contributed by atoms with E-state index in [1.54, 1.807) is 12.1 Å². The lowest BCUT2D eigenvalue weighted by Crippen LogP contribution is -2.27. The molecule has 0 saturated carbocycles. The highest BCUT2D eigenvalue weighted by Gasteiger charge is 2.08. The first-order valence-electron chi connectivity index (χ1n) is 6.48. The Labute approximate surface area is 109 Å². The number of hydrogen-bond donors (Lipinski definition) is 1. The highest BCUT2D eigenvalue weighted by Crippen LogP contribution is 2.13. The second-order valence-electron chi connectivity index (χ2n) is 4.18. The number of hydrogen-bond acceptors (Lipinski definition) is 3. The van der Waals surface area contributed by atoms with E-state index >= 15 is 0 Å². The third kappa shape index (κ3) is 4.72. The van der Waals surface area contributed by atoms with Crippen molar-refractivity contribution in [2.24, 2.45) is 5.73 Å². The minimum atomic E-state index is -0.205.